The van der Waals surface area contributed by atoms with Crippen molar-refractivity contribution in [2.75, 3.05) is 11.9 Å². The third-order valence-corrected chi connectivity index (χ3v) is 4.63. The molecule has 2 aromatic rings. The van der Waals surface area contributed by atoms with Gasteiger partial charge >= 0.3 is 6.18 Å². The molecule has 134 valence electrons. The van der Waals surface area contributed by atoms with Crippen molar-refractivity contribution in [1.82, 2.24) is 0 Å². The zero-order chi connectivity index (χ0) is 16.7. The van der Waals surface area contributed by atoms with E-state index in [-0.39, 0.29) is 24.9 Å². The lowest BCUT2D eigenvalue weighted by atomic mass is 10.00. The zero-order valence-electron chi connectivity index (χ0n) is 13.5. The Morgan fingerprint density at radius 1 is 1.08 bits per heavy atom. The first-order valence-electron chi connectivity index (χ1n) is 8.20. The summed E-state index contributed by atoms with van der Waals surface area (Å²) >= 11 is 0. The maximum absolute atomic E-state index is 13.3. The Labute approximate surface area is 150 Å². The Bertz CT molecular complexity index is 772. The SMILES string of the molecule is Cl.FC(F)(F)c1cc(COc2ccc3c(c2)CCN3)ccc1C1CC1. The minimum absolute atomic E-state index is 0. The van der Waals surface area contributed by atoms with Crippen molar-refractivity contribution in [2.45, 2.75) is 38.0 Å². The number of benzene rings is 2. The molecule has 0 aromatic heterocycles. The van der Waals surface area contributed by atoms with Crippen molar-refractivity contribution >= 4 is 18.1 Å². The predicted octanol–water partition coefficient (Wildman–Crippen LogP) is 5.55. The zero-order valence-corrected chi connectivity index (χ0v) is 14.3. The van der Waals surface area contributed by atoms with Crippen LogP contribution in [0.2, 0.25) is 0 Å². The largest absolute Gasteiger partial charge is 0.489 e. The van der Waals surface area contributed by atoms with Crippen molar-refractivity contribution in [2.24, 2.45) is 0 Å². The van der Waals surface area contributed by atoms with Crippen molar-refractivity contribution < 1.29 is 17.9 Å². The van der Waals surface area contributed by atoms with Crippen LogP contribution in [0.15, 0.2) is 36.4 Å². The van der Waals surface area contributed by atoms with E-state index in [0.29, 0.717) is 16.9 Å². The molecule has 0 atom stereocenters. The number of fused-ring (bicyclic) bond motifs is 1. The van der Waals surface area contributed by atoms with Gasteiger partial charge in [0.05, 0.1) is 5.56 Å². The van der Waals surface area contributed by atoms with Crippen molar-refractivity contribution in [3.05, 3.63) is 58.7 Å². The molecule has 2 aliphatic rings. The van der Waals surface area contributed by atoms with Gasteiger partial charge in [-0.2, -0.15) is 13.2 Å². The van der Waals surface area contributed by atoms with Gasteiger partial charge in [-0.15, -0.1) is 12.4 Å². The van der Waals surface area contributed by atoms with Crippen molar-refractivity contribution in [3.63, 3.8) is 0 Å². The highest BCUT2D eigenvalue weighted by atomic mass is 35.5. The molecule has 0 saturated heterocycles. The van der Waals surface area contributed by atoms with E-state index in [9.17, 15) is 13.2 Å². The van der Waals surface area contributed by atoms with Crippen LogP contribution in [-0.2, 0) is 19.2 Å². The van der Waals surface area contributed by atoms with Gasteiger partial charge in [0, 0.05) is 12.2 Å². The quantitative estimate of drug-likeness (QED) is 0.762. The summed E-state index contributed by atoms with van der Waals surface area (Å²) < 4.78 is 45.6. The average molecular weight is 370 g/mol. The molecule has 2 nitrogen and oxygen atoms in total. The van der Waals surface area contributed by atoms with Crippen LogP contribution in [-0.4, -0.2) is 6.54 Å². The number of rotatable bonds is 4. The van der Waals surface area contributed by atoms with E-state index in [1.807, 2.05) is 18.2 Å². The fraction of sp³-hybridized carbons (Fsp3) is 0.368. The molecule has 0 amide bonds. The van der Waals surface area contributed by atoms with Crippen LogP contribution in [0.1, 0.15) is 41.0 Å². The second-order valence-corrected chi connectivity index (χ2v) is 6.48. The second kappa shape index (κ2) is 6.79. The number of ether oxygens (including phenoxy) is 1. The molecule has 0 bridgehead atoms. The molecule has 0 radical (unpaired) electrons. The monoisotopic (exact) mass is 369 g/mol. The highest BCUT2D eigenvalue weighted by molar-refractivity contribution is 5.85. The second-order valence-electron chi connectivity index (χ2n) is 6.48. The molecule has 6 heteroatoms. The lowest BCUT2D eigenvalue weighted by Gasteiger charge is -2.15. The Morgan fingerprint density at radius 2 is 1.88 bits per heavy atom. The van der Waals surface area contributed by atoms with Gasteiger partial charge in [0.25, 0.3) is 0 Å². The summed E-state index contributed by atoms with van der Waals surface area (Å²) in [5.41, 5.74) is 2.76. The van der Waals surface area contributed by atoms with Crippen LogP contribution in [0.25, 0.3) is 0 Å². The lowest BCUT2D eigenvalue weighted by Crippen LogP contribution is -2.10. The standard InChI is InChI=1S/C19H18F3NO.ClH/c20-19(21,22)17-9-12(1-5-16(17)13-2-3-13)11-24-15-4-6-18-14(10-15)7-8-23-18;/h1,4-6,9-10,13,23H,2-3,7-8,11H2;1H. The summed E-state index contributed by atoms with van der Waals surface area (Å²) in [6.45, 7) is 1.05. The molecular formula is C19H19ClF3NO. The highest BCUT2D eigenvalue weighted by Gasteiger charge is 2.38. The molecule has 2 aromatic carbocycles. The molecular weight excluding hydrogens is 351 g/mol. The Hall–Kier alpha value is -1.88. The van der Waals surface area contributed by atoms with Crippen LogP contribution in [0.3, 0.4) is 0 Å². The van der Waals surface area contributed by atoms with E-state index < -0.39 is 11.7 Å². The molecule has 25 heavy (non-hydrogen) atoms. The molecule has 4 rings (SSSR count). The minimum atomic E-state index is -4.31. The number of anilines is 1. The van der Waals surface area contributed by atoms with Gasteiger partial charge in [0.1, 0.15) is 12.4 Å². The van der Waals surface area contributed by atoms with Gasteiger partial charge in [0.15, 0.2) is 0 Å². The van der Waals surface area contributed by atoms with E-state index in [2.05, 4.69) is 5.32 Å². The van der Waals surface area contributed by atoms with E-state index in [1.165, 1.54) is 11.6 Å². The number of halogens is 4. The highest BCUT2D eigenvalue weighted by Crippen LogP contribution is 2.46. The van der Waals surface area contributed by atoms with Crippen LogP contribution < -0.4 is 10.1 Å². The van der Waals surface area contributed by atoms with E-state index >= 15 is 0 Å². The van der Waals surface area contributed by atoms with Crippen LogP contribution in [0.5, 0.6) is 5.75 Å². The maximum atomic E-state index is 13.3. The molecule has 1 aliphatic carbocycles. The molecule has 0 spiro atoms. The Morgan fingerprint density at radius 3 is 2.60 bits per heavy atom. The third-order valence-electron chi connectivity index (χ3n) is 4.63. The fourth-order valence-corrected chi connectivity index (χ4v) is 3.23. The maximum Gasteiger partial charge on any atom is 0.416 e. The van der Waals surface area contributed by atoms with Crippen LogP contribution >= 0.6 is 12.4 Å². The van der Waals surface area contributed by atoms with Crippen molar-refractivity contribution in [1.29, 1.82) is 0 Å². The lowest BCUT2D eigenvalue weighted by molar-refractivity contribution is -0.138. The first-order valence-corrected chi connectivity index (χ1v) is 8.20. The van der Waals surface area contributed by atoms with Gasteiger partial charge in [-0.05, 0) is 66.1 Å². The normalized spacial score (nSPS) is 16.0. The minimum Gasteiger partial charge on any atom is -0.489 e. The Balaban J connectivity index is 0.00000182. The molecule has 1 N–H and O–H groups in total. The number of nitrogens with one attached hydrogen (secondary N) is 1. The molecule has 1 fully saturated rings. The van der Waals surface area contributed by atoms with E-state index in [4.69, 9.17) is 4.74 Å². The van der Waals surface area contributed by atoms with Gasteiger partial charge in [-0.3, -0.25) is 0 Å². The van der Waals surface area contributed by atoms with E-state index in [1.54, 1.807) is 12.1 Å². The summed E-state index contributed by atoms with van der Waals surface area (Å²) in [6, 6.07) is 10.4. The number of hydrogen-bond acceptors (Lipinski definition) is 2. The summed E-state index contributed by atoms with van der Waals surface area (Å²) in [4.78, 5) is 0. The number of hydrogen-bond donors (Lipinski definition) is 1. The summed E-state index contributed by atoms with van der Waals surface area (Å²) in [5, 5.41) is 3.27. The molecule has 1 saturated carbocycles. The van der Waals surface area contributed by atoms with Gasteiger partial charge in [-0.1, -0.05) is 12.1 Å². The summed E-state index contributed by atoms with van der Waals surface area (Å²) in [6.07, 6.45) is -1.67. The summed E-state index contributed by atoms with van der Waals surface area (Å²) in [7, 11) is 0. The van der Waals surface area contributed by atoms with Gasteiger partial charge in [-0.25, -0.2) is 0 Å². The molecule has 0 unspecified atom stereocenters. The van der Waals surface area contributed by atoms with Crippen molar-refractivity contribution in [3.8, 4) is 5.75 Å². The topological polar surface area (TPSA) is 21.3 Å². The van der Waals surface area contributed by atoms with Crippen LogP contribution in [0, 0.1) is 0 Å². The molecule has 1 heterocycles. The van der Waals surface area contributed by atoms with Gasteiger partial charge in [0.2, 0.25) is 0 Å². The Kier molecular flexibility index (Phi) is 4.87. The van der Waals surface area contributed by atoms with Gasteiger partial charge < -0.3 is 10.1 Å². The number of alkyl halides is 3. The fourth-order valence-electron chi connectivity index (χ4n) is 3.23. The predicted molar refractivity (Wildman–Crippen MR) is 93.6 cm³/mol. The average Bonchev–Trinajstić information content (AvgIpc) is 3.29. The smallest absolute Gasteiger partial charge is 0.416 e. The first-order chi connectivity index (χ1) is 11.5. The summed E-state index contributed by atoms with van der Waals surface area (Å²) in [5.74, 6) is 0.762. The van der Waals surface area contributed by atoms with E-state index in [0.717, 1.165) is 31.5 Å². The first kappa shape index (κ1) is 17.9. The molecule has 1 aliphatic heterocycles. The third kappa shape index (κ3) is 3.87. The van der Waals surface area contributed by atoms with Crippen LogP contribution in [0.4, 0.5) is 18.9 Å².